The summed E-state index contributed by atoms with van der Waals surface area (Å²) in [5.41, 5.74) is 5.79. The summed E-state index contributed by atoms with van der Waals surface area (Å²) in [7, 11) is 1.70. The maximum absolute atomic E-state index is 13.8. The number of hydrogen-bond acceptors (Lipinski definition) is 5. The molecule has 0 saturated carbocycles. The summed E-state index contributed by atoms with van der Waals surface area (Å²) in [6, 6.07) is 21.1. The number of fused-ring (bicyclic) bond motifs is 4. The zero-order chi connectivity index (χ0) is 24.5. The van der Waals surface area contributed by atoms with Crippen LogP contribution >= 0.6 is 0 Å². The molecule has 2 saturated heterocycles. The predicted molar refractivity (Wildman–Crippen MR) is 141 cm³/mol. The molecule has 1 aromatic heterocycles. The van der Waals surface area contributed by atoms with Crippen LogP contribution in [0.25, 0.3) is 11.1 Å². The Labute approximate surface area is 213 Å². The van der Waals surface area contributed by atoms with Crippen molar-refractivity contribution < 1.29 is 9.47 Å². The van der Waals surface area contributed by atoms with Crippen molar-refractivity contribution in [1.82, 2.24) is 14.4 Å². The van der Waals surface area contributed by atoms with Crippen molar-refractivity contribution >= 4 is 0 Å². The van der Waals surface area contributed by atoms with E-state index in [1.807, 2.05) is 18.2 Å². The van der Waals surface area contributed by atoms with Crippen LogP contribution in [0, 0.1) is 5.92 Å². The molecule has 3 aromatic rings. The summed E-state index contributed by atoms with van der Waals surface area (Å²) >= 11 is 0. The van der Waals surface area contributed by atoms with Gasteiger partial charge in [-0.2, -0.15) is 0 Å². The number of benzene rings is 2. The van der Waals surface area contributed by atoms with Crippen LogP contribution in [0.1, 0.15) is 29.2 Å². The smallest absolute Gasteiger partial charge is 0.258 e. The fourth-order valence-electron chi connectivity index (χ4n) is 6.29. The number of pyridine rings is 1. The predicted octanol–water partition coefficient (Wildman–Crippen LogP) is 3.98. The lowest BCUT2D eigenvalue weighted by Gasteiger charge is -2.43. The lowest BCUT2D eigenvalue weighted by atomic mass is 9.82. The molecule has 4 heterocycles. The van der Waals surface area contributed by atoms with Gasteiger partial charge in [-0.15, -0.1) is 0 Å². The van der Waals surface area contributed by atoms with Crippen molar-refractivity contribution in [2.75, 3.05) is 46.5 Å². The zero-order valence-corrected chi connectivity index (χ0v) is 21.1. The Balaban J connectivity index is 1.24. The topological polar surface area (TPSA) is 46.9 Å². The number of aromatic nitrogens is 1. The van der Waals surface area contributed by atoms with Gasteiger partial charge in [-0.1, -0.05) is 36.4 Å². The van der Waals surface area contributed by atoms with Crippen molar-refractivity contribution in [1.29, 1.82) is 0 Å². The quantitative estimate of drug-likeness (QED) is 0.529. The van der Waals surface area contributed by atoms with Crippen LogP contribution in [0.2, 0.25) is 0 Å². The summed E-state index contributed by atoms with van der Waals surface area (Å²) in [5, 5.41) is 0. The van der Waals surface area contributed by atoms with Crippen LogP contribution in [0.5, 0.6) is 5.75 Å². The third-order valence-electron chi connectivity index (χ3n) is 8.05. The molecule has 2 aromatic carbocycles. The van der Waals surface area contributed by atoms with Gasteiger partial charge in [0.15, 0.2) is 0 Å². The van der Waals surface area contributed by atoms with Crippen LogP contribution in [0.15, 0.2) is 65.5 Å². The second kappa shape index (κ2) is 10.2. The van der Waals surface area contributed by atoms with Crippen molar-refractivity contribution in [2.45, 2.75) is 32.0 Å². The molecule has 3 aliphatic rings. The fraction of sp³-hybridized carbons (Fsp3) is 0.433. The van der Waals surface area contributed by atoms with E-state index in [4.69, 9.17) is 9.47 Å². The summed E-state index contributed by atoms with van der Waals surface area (Å²) in [4.78, 5) is 18.8. The van der Waals surface area contributed by atoms with Crippen molar-refractivity contribution in [2.24, 2.45) is 5.92 Å². The summed E-state index contributed by atoms with van der Waals surface area (Å²) in [5.74, 6) is 1.80. The summed E-state index contributed by atoms with van der Waals surface area (Å²) < 4.78 is 12.9. The van der Waals surface area contributed by atoms with Gasteiger partial charge < -0.3 is 14.0 Å². The minimum atomic E-state index is 0.167. The van der Waals surface area contributed by atoms with Crippen molar-refractivity contribution in [3.63, 3.8) is 0 Å². The Morgan fingerprint density at radius 1 is 0.861 bits per heavy atom. The SMILES string of the molecule is COc1ccc(CN2C[C@H]3C[C@H](C2)c2ccc(-c4ccccc4CN4CCOCC4)c(=O)n2C3)cc1. The van der Waals surface area contributed by atoms with Gasteiger partial charge in [0.2, 0.25) is 0 Å². The van der Waals surface area contributed by atoms with E-state index in [2.05, 4.69) is 56.8 Å². The standard InChI is InChI=1S/C30H35N3O3/c1-35-26-8-6-22(7-9-26)17-32-18-23-16-25(21-32)29-11-10-28(30(34)33(29)19-23)27-5-3-2-4-24(27)20-31-12-14-36-15-13-31/h2-11,23,25H,12-21H2,1H3/t23-,25-/m1/s1. The van der Waals surface area contributed by atoms with Crippen molar-refractivity contribution in [3.8, 4) is 16.9 Å². The minimum Gasteiger partial charge on any atom is -0.497 e. The van der Waals surface area contributed by atoms with E-state index in [1.165, 1.54) is 23.2 Å². The number of morpholine rings is 1. The van der Waals surface area contributed by atoms with Gasteiger partial charge in [0.1, 0.15) is 5.75 Å². The molecule has 0 amide bonds. The van der Waals surface area contributed by atoms with Gasteiger partial charge in [0.25, 0.3) is 5.56 Å². The van der Waals surface area contributed by atoms with Crippen LogP contribution in [0.4, 0.5) is 0 Å². The van der Waals surface area contributed by atoms with Gasteiger partial charge in [-0.3, -0.25) is 14.6 Å². The molecule has 0 aliphatic carbocycles. The number of ether oxygens (including phenoxy) is 2. The van der Waals surface area contributed by atoms with Gasteiger partial charge in [-0.05, 0) is 53.3 Å². The Bertz CT molecular complexity index is 1260. The lowest BCUT2D eigenvalue weighted by Crippen LogP contribution is -2.47. The van der Waals surface area contributed by atoms with Crippen LogP contribution in [-0.2, 0) is 24.4 Å². The first-order valence-corrected chi connectivity index (χ1v) is 13.2. The fourth-order valence-corrected chi connectivity index (χ4v) is 6.29. The molecule has 6 heteroatoms. The van der Waals surface area contributed by atoms with E-state index >= 15 is 0 Å². The second-order valence-electron chi connectivity index (χ2n) is 10.5. The van der Waals surface area contributed by atoms with Crippen molar-refractivity contribution in [3.05, 3.63) is 87.8 Å². The van der Waals surface area contributed by atoms with E-state index in [9.17, 15) is 4.79 Å². The second-order valence-corrected chi connectivity index (χ2v) is 10.5. The third kappa shape index (κ3) is 4.73. The molecule has 6 nitrogen and oxygen atoms in total. The van der Waals surface area contributed by atoms with Gasteiger partial charge in [0.05, 0.1) is 20.3 Å². The van der Waals surface area contributed by atoms with E-state index in [0.29, 0.717) is 11.8 Å². The Hall–Kier alpha value is -2.93. The average molecular weight is 486 g/mol. The molecule has 2 atom stereocenters. The Morgan fingerprint density at radius 3 is 2.47 bits per heavy atom. The molecule has 2 fully saturated rings. The molecule has 0 unspecified atom stereocenters. The molecule has 188 valence electrons. The largest absolute Gasteiger partial charge is 0.497 e. The van der Waals surface area contributed by atoms with Crippen LogP contribution < -0.4 is 10.3 Å². The first-order valence-electron chi connectivity index (χ1n) is 13.2. The molecular weight excluding hydrogens is 450 g/mol. The molecule has 0 spiro atoms. The molecule has 36 heavy (non-hydrogen) atoms. The molecule has 0 radical (unpaired) electrons. The number of rotatable bonds is 6. The maximum atomic E-state index is 13.8. The first-order chi connectivity index (χ1) is 17.7. The van der Waals surface area contributed by atoms with E-state index in [1.54, 1.807) is 7.11 Å². The van der Waals surface area contributed by atoms with E-state index in [-0.39, 0.29) is 5.56 Å². The molecule has 3 aliphatic heterocycles. The highest BCUT2D eigenvalue weighted by atomic mass is 16.5. The monoisotopic (exact) mass is 485 g/mol. The van der Waals surface area contributed by atoms with Gasteiger partial charge in [0, 0.05) is 63.0 Å². The molecular formula is C30H35N3O3. The van der Waals surface area contributed by atoms with Gasteiger partial charge >= 0.3 is 0 Å². The molecule has 0 N–H and O–H groups in total. The molecule has 6 rings (SSSR count). The summed E-state index contributed by atoms with van der Waals surface area (Å²) in [6.07, 6.45) is 1.17. The van der Waals surface area contributed by atoms with E-state index in [0.717, 1.165) is 75.9 Å². The summed E-state index contributed by atoms with van der Waals surface area (Å²) in [6.45, 7) is 8.07. The highest BCUT2D eigenvalue weighted by Gasteiger charge is 2.35. The lowest BCUT2D eigenvalue weighted by molar-refractivity contribution is 0.0342. The zero-order valence-electron chi connectivity index (χ0n) is 21.1. The highest BCUT2D eigenvalue weighted by Crippen LogP contribution is 2.36. The number of likely N-dealkylation sites (tertiary alicyclic amines) is 1. The normalized spacial score (nSPS) is 22.2. The first kappa shape index (κ1) is 23.5. The maximum Gasteiger partial charge on any atom is 0.258 e. The number of methoxy groups -OCH3 is 1. The minimum absolute atomic E-state index is 0.167. The van der Waals surface area contributed by atoms with Crippen LogP contribution in [-0.4, -0.2) is 60.9 Å². The Morgan fingerprint density at radius 2 is 1.67 bits per heavy atom. The number of hydrogen-bond donors (Lipinski definition) is 0. The van der Waals surface area contributed by atoms with E-state index < -0.39 is 0 Å². The van der Waals surface area contributed by atoms with Gasteiger partial charge in [-0.25, -0.2) is 0 Å². The average Bonchev–Trinajstić information content (AvgIpc) is 2.91. The molecule has 2 bridgehead atoms. The number of piperidine rings is 1. The van der Waals surface area contributed by atoms with Crippen LogP contribution in [0.3, 0.4) is 0 Å². The number of nitrogens with zero attached hydrogens (tertiary/aromatic N) is 3. The Kier molecular flexibility index (Phi) is 6.65. The highest BCUT2D eigenvalue weighted by molar-refractivity contribution is 5.66. The third-order valence-corrected chi connectivity index (χ3v) is 8.05.